The maximum atomic E-state index is 11.4. The van der Waals surface area contributed by atoms with Crippen LogP contribution in [0.15, 0.2) is 24.3 Å². The van der Waals surface area contributed by atoms with E-state index >= 15 is 0 Å². The van der Waals surface area contributed by atoms with Crippen LogP contribution in [0.4, 0.5) is 0 Å². The van der Waals surface area contributed by atoms with Gasteiger partial charge in [-0.25, -0.2) is 4.79 Å². The molecule has 1 aromatic carbocycles. The Morgan fingerprint density at radius 2 is 1.46 bits per heavy atom. The fourth-order valence-electron chi connectivity index (χ4n) is 2.64. The minimum Gasteiger partial charge on any atom is -0.373 e. The predicted molar refractivity (Wildman–Crippen MR) is 91.6 cm³/mol. The molecule has 0 aromatic heterocycles. The van der Waals surface area contributed by atoms with Crippen molar-refractivity contribution in [1.29, 1.82) is 0 Å². The molecule has 1 aromatic rings. The largest absolute Gasteiger partial charge is 0.373 e. The van der Waals surface area contributed by atoms with Crippen molar-refractivity contribution in [3.05, 3.63) is 35.4 Å². The molecule has 6 nitrogen and oxygen atoms in total. The fourth-order valence-corrected chi connectivity index (χ4v) is 2.64. The molecule has 0 unspecified atom stereocenters. The van der Waals surface area contributed by atoms with Crippen LogP contribution >= 0.6 is 0 Å². The van der Waals surface area contributed by atoms with E-state index in [1.165, 1.54) is 25.7 Å². The zero-order valence-corrected chi connectivity index (χ0v) is 14.2. The molecule has 4 N–H and O–H groups in total. The van der Waals surface area contributed by atoms with Gasteiger partial charge in [-0.3, -0.25) is 4.79 Å². The number of hydrogen-bond donors (Lipinski definition) is 2. The van der Waals surface area contributed by atoms with E-state index < -0.39 is 5.97 Å². The standard InChI is InChI=1S/C18H28N2O4/c19-23-17(21)13-8-6-4-2-1-3-5-7-10-15-11-9-12-16(14-15)18(22)24-20/h9,11-12,14H,1-8,10,13,19-20H2. The molecule has 0 saturated carbocycles. The van der Waals surface area contributed by atoms with Gasteiger partial charge < -0.3 is 9.68 Å². The molecular weight excluding hydrogens is 308 g/mol. The normalized spacial score (nSPS) is 10.4. The van der Waals surface area contributed by atoms with Crippen LogP contribution in [0.2, 0.25) is 0 Å². The molecule has 0 aliphatic heterocycles. The van der Waals surface area contributed by atoms with Crippen LogP contribution in [-0.4, -0.2) is 11.9 Å². The van der Waals surface area contributed by atoms with Gasteiger partial charge in [-0.15, -0.1) is 0 Å². The van der Waals surface area contributed by atoms with E-state index in [4.69, 9.17) is 11.8 Å². The summed E-state index contributed by atoms with van der Waals surface area (Å²) < 4.78 is 0. The van der Waals surface area contributed by atoms with Gasteiger partial charge in [-0.05, 0) is 37.0 Å². The highest BCUT2D eigenvalue weighted by atomic mass is 16.7. The summed E-state index contributed by atoms with van der Waals surface area (Å²) >= 11 is 0. The summed E-state index contributed by atoms with van der Waals surface area (Å²) in [7, 11) is 0. The van der Waals surface area contributed by atoms with Crippen LogP contribution in [0, 0.1) is 0 Å². The lowest BCUT2D eigenvalue weighted by Crippen LogP contribution is -2.10. The Bertz CT molecular complexity index is 506. The van der Waals surface area contributed by atoms with E-state index in [-0.39, 0.29) is 5.97 Å². The maximum Gasteiger partial charge on any atom is 0.356 e. The van der Waals surface area contributed by atoms with Gasteiger partial charge >= 0.3 is 11.9 Å². The van der Waals surface area contributed by atoms with E-state index in [2.05, 4.69) is 9.68 Å². The molecule has 0 saturated heterocycles. The van der Waals surface area contributed by atoms with Crippen molar-refractivity contribution in [3.63, 3.8) is 0 Å². The van der Waals surface area contributed by atoms with Gasteiger partial charge in [0.05, 0.1) is 5.56 Å². The summed E-state index contributed by atoms with van der Waals surface area (Å²) in [5.74, 6) is 8.83. The first-order chi connectivity index (χ1) is 11.7. The summed E-state index contributed by atoms with van der Waals surface area (Å²) in [5.41, 5.74) is 1.62. The van der Waals surface area contributed by atoms with Crippen LogP contribution in [0.3, 0.4) is 0 Å². The number of aryl methyl sites for hydroxylation is 1. The van der Waals surface area contributed by atoms with E-state index in [9.17, 15) is 9.59 Å². The molecule has 0 amide bonds. The average molecular weight is 336 g/mol. The number of carbonyl (C=O) groups excluding carboxylic acids is 2. The molecule has 134 valence electrons. The van der Waals surface area contributed by atoms with Gasteiger partial charge in [0.15, 0.2) is 0 Å². The number of rotatable bonds is 12. The van der Waals surface area contributed by atoms with Gasteiger partial charge in [-0.1, -0.05) is 50.7 Å². The summed E-state index contributed by atoms with van der Waals surface area (Å²) in [6, 6.07) is 7.40. The molecule has 0 aliphatic carbocycles. The summed E-state index contributed by atoms with van der Waals surface area (Å²) in [4.78, 5) is 30.5. The molecule has 24 heavy (non-hydrogen) atoms. The van der Waals surface area contributed by atoms with Gasteiger partial charge in [-0.2, -0.15) is 11.8 Å². The molecule has 6 heteroatoms. The first-order valence-corrected chi connectivity index (χ1v) is 8.57. The first kappa shape index (κ1) is 20.1. The van der Waals surface area contributed by atoms with Crippen LogP contribution in [0.25, 0.3) is 0 Å². The minimum atomic E-state index is -0.503. The topological polar surface area (TPSA) is 105 Å². The first-order valence-electron chi connectivity index (χ1n) is 8.57. The quantitative estimate of drug-likeness (QED) is 0.448. The second-order valence-corrected chi connectivity index (χ2v) is 5.92. The van der Waals surface area contributed by atoms with Crippen LogP contribution in [-0.2, 0) is 20.9 Å². The molecule has 0 fully saturated rings. The van der Waals surface area contributed by atoms with E-state index in [1.807, 2.05) is 18.2 Å². The highest BCUT2D eigenvalue weighted by Gasteiger charge is 2.06. The molecule has 0 spiro atoms. The molecule has 0 radical (unpaired) electrons. The zero-order valence-electron chi connectivity index (χ0n) is 14.2. The number of benzene rings is 1. The third kappa shape index (κ3) is 8.64. The molecule has 0 bridgehead atoms. The smallest absolute Gasteiger partial charge is 0.356 e. The summed E-state index contributed by atoms with van der Waals surface area (Å²) in [5, 5.41) is 0. The van der Waals surface area contributed by atoms with Gasteiger partial charge in [0.1, 0.15) is 0 Å². The van der Waals surface area contributed by atoms with Gasteiger partial charge in [0.25, 0.3) is 0 Å². The Kier molecular flexibility index (Phi) is 10.5. The van der Waals surface area contributed by atoms with Gasteiger partial charge in [0.2, 0.25) is 0 Å². The van der Waals surface area contributed by atoms with Crippen LogP contribution in [0.5, 0.6) is 0 Å². The highest BCUT2D eigenvalue weighted by molar-refractivity contribution is 5.89. The average Bonchev–Trinajstić information content (AvgIpc) is 2.62. The van der Waals surface area contributed by atoms with E-state index in [0.717, 1.165) is 37.7 Å². The lowest BCUT2D eigenvalue weighted by atomic mass is 10.0. The minimum absolute atomic E-state index is 0.334. The third-order valence-electron chi connectivity index (χ3n) is 4.00. The third-order valence-corrected chi connectivity index (χ3v) is 4.00. The molecule has 0 atom stereocenters. The number of carbonyl (C=O) groups is 2. The zero-order chi connectivity index (χ0) is 17.6. The van der Waals surface area contributed by atoms with Crippen molar-refractivity contribution < 1.29 is 19.3 Å². The van der Waals surface area contributed by atoms with Crippen molar-refractivity contribution in [2.75, 3.05) is 0 Å². The lowest BCUT2D eigenvalue weighted by molar-refractivity contribution is -0.144. The molecule has 0 aliphatic rings. The Hall–Kier alpha value is -1.92. The van der Waals surface area contributed by atoms with Gasteiger partial charge in [0, 0.05) is 6.42 Å². The molecular formula is C18H28N2O4. The second kappa shape index (κ2) is 12.5. The van der Waals surface area contributed by atoms with Crippen LogP contribution < -0.4 is 11.8 Å². The SMILES string of the molecule is NOC(=O)CCCCCCCCCCc1cccc(C(=O)ON)c1. The Morgan fingerprint density at radius 1 is 0.833 bits per heavy atom. The highest BCUT2D eigenvalue weighted by Crippen LogP contribution is 2.13. The van der Waals surface area contributed by atoms with Crippen molar-refractivity contribution in [2.45, 2.75) is 64.2 Å². The van der Waals surface area contributed by atoms with Crippen molar-refractivity contribution in [2.24, 2.45) is 11.8 Å². The number of nitrogens with two attached hydrogens (primary N) is 2. The molecule has 1 rings (SSSR count). The van der Waals surface area contributed by atoms with Crippen molar-refractivity contribution in [3.8, 4) is 0 Å². The summed E-state index contributed by atoms with van der Waals surface area (Å²) in [6.07, 6.45) is 10.3. The number of hydrogen-bond acceptors (Lipinski definition) is 6. The molecule has 0 heterocycles. The fraction of sp³-hybridized carbons (Fsp3) is 0.556. The monoisotopic (exact) mass is 336 g/mol. The maximum absolute atomic E-state index is 11.4. The summed E-state index contributed by atoms with van der Waals surface area (Å²) in [6.45, 7) is 0. The lowest BCUT2D eigenvalue weighted by Gasteiger charge is -2.04. The van der Waals surface area contributed by atoms with E-state index in [0.29, 0.717) is 12.0 Å². The Morgan fingerprint density at radius 3 is 2.08 bits per heavy atom. The predicted octanol–water partition coefficient (Wildman–Crippen LogP) is 3.19. The van der Waals surface area contributed by atoms with Crippen LogP contribution in [0.1, 0.15) is 73.7 Å². The van der Waals surface area contributed by atoms with E-state index in [1.54, 1.807) is 6.07 Å². The second-order valence-electron chi connectivity index (χ2n) is 5.92. The Balaban J connectivity index is 2.02. The number of unbranched alkanes of at least 4 members (excludes halogenated alkanes) is 7. The van der Waals surface area contributed by atoms with Crippen molar-refractivity contribution >= 4 is 11.9 Å². The van der Waals surface area contributed by atoms with Crippen molar-refractivity contribution in [1.82, 2.24) is 0 Å². The Labute approximate surface area is 143 Å².